The van der Waals surface area contributed by atoms with Crippen LogP contribution < -0.4 is 4.74 Å². The molecule has 0 unspecified atom stereocenters. The summed E-state index contributed by atoms with van der Waals surface area (Å²) in [5, 5.41) is 8.98. The fourth-order valence-electron chi connectivity index (χ4n) is 2.75. The van der Waals surface area contributed by atoms with E-state index in [-0.39, 0.29) is 19.6 Å². The highest BCUT2D eigenvalue weighted by Crippen LogP contribution is 2.37. The van der Waals surface area contributed by atoms with E-state index in [1.807, 2.05) is 18.2 Å². The predicted molar refractivity (Wildman–Crippen MR) is 79.1 cm³/mol. The van der Waals surface area contributed by atoms with Crippen molar-refractivity contribution in [2.24, 2.45) is 11.8 Å². The van der Waals surface area contributed by atoms with Crippen LogP contribution in [-0.2, 0) is 4.79 Å². The van der Waals surface area contributed by atoms with Crippen molar-refractivity contribution < 1.29 is 27.8 Å². The number of nitrogens with zero attached hydrogens (tertiary/aromatic N) is 1. The topological polar surface area (TPSA) is 49.8 Å². The maximum atomic E-state index is 12.9. The van der Waals surface area contributed by atoms with E-state index >= 15 is 0 Å². The number of halogens is 3. The van der Waals surface area contributed by atoms with Crippen LogP contribution in [0.4, 0.5) is 13.2 Å². The molecular weight excluding hydrogens is 311 g/mol. The van der Waals surface area contributed by atoms with Gasteiger partial charge < -0.3 is 9.84 Å². The minimum atomic E-state index is -4.50. The largest absolute Gasteiger partial charge is 0.496 e. The zero-order valence-corrected chi connectivity index (χ0v) is 12.6. The lowest BCUT2D eigenvalue weighted by Crippen LogP contribution is -2.33. The molecule has 0 saturated carbocycles. The van der Waals surface area contributed by atoms with Gasteiger partial charge in [-0.25, -0.2) is 0 Å². The lowest BCUT2D eigenvalue weighted by Gasteiger charge is -2.18. The Balaban J connectivity index is 2.01. The second kappa shape index (κ2) is 7.04. The van der Waals surface area contributed by atoms with Gasteiger partial charge in [-0.2, -0.15) is 13.2 Å². The zero-order chi connectivity index (χ0) is 17.0. The molecular formula is C16H18F3NO3. The number of ether oxygens (including phenoxy) is 1. The highest BCUT2D eigenvalue weighted by atomic mass is 19.4. The Hall–Kier alpha value is -2.02. The zero-order valence-electron chi connectivity index (χ0n) is 12.6. The number of benzene rings is 1. The summed E-state index contributed by atoms with van der Waals surface area (Å²) in [5.41, 5.74) is 0.816. The number of carbonyl (C=O) groups is 1. The molecule has 1 aliphatic rings. The third-order valence-electron chi connectivity index (χ3n) is 3.93. The first kappa shape index (κ1) is 17.3. The number of hydrogen-bond acceptors (Lipinski definition) is 3. The van der Waals surface area contributed by atoms with Crippen molar-refractivity contribution in [3.63, 3.8) is 0 Å². The number of rotatable bonds is 5. The van der Waals surface area contributed by atoms with Gasteiger partial charge in [0.25, 0.3) is 0 Å². The maximum absolute atomic E-state index is 12.9. The highest BCUT2D eigenvalue weighted by molar-refractivity contribution is 5.71. The summed E-state index contributed by atoms with van der Waals surface area (Å²) in [4.78, 5) is 12.5. The number of carboxylic acids is 1. The van der Waals surface area contributed by atoms with Crippen LogP contribution in [0.2, 0.25) is 0 Å². The number of hydrogen-bond donors (Lipinski definition) is 1. The SMILES string of the molecule is COc1ccccc1/C=C/CN1C[C@@H](C(F)(F)F)[C@H](C(=O)O)C1. The van der Waals surface area contributed by atoms with Crippen LogP contribution in [-0.4, -0.2) is 48.9 Å². The normalized spacial score (nSPS) is 22.6. The molecule has 0 bridgehead atoms. The lowest BCUT2D eigenvalue weighted by molar-refractivity contribution is -0.188. The van der Waals surface area contributed by atoms with Gasteiger partial charge in [-0.15, -0.1) is 0 Å². The van der Waals surface area contributed by atoms with Gasteiger partial charge in [0.2, 0.25) is 0 Å². The number of likely N-dealkylation sites (tertiary alicyclic amines) is 1. The third kappa shape index (κ3) is 4.25. The van der Waals surface area contributed by atoms with E-state index in [2.05, 4.69) is 0 Å². The van der Waals surface area contributed by atoms with Crippen LogP contribution >= 0.6 is 0 Å². The van der Waals surface area contributed by atoms with Crippen molar-refractivity contribution in [2.45, 2.75) is 6.18 Å². The number of methoxy groups -OCH3 is 1. The number of para-hydroxylation sites is 1. The van der Waals surface area contributed by atoms with Gasteiger partial charge in [0.05, 0.1) is 18.9 Å². The number of alkyl halides is 3. The van der Waals surface area contributed by atoms with Crippen LogP contribution in [0.1, 0.15) is 5.56 Å². The van der Waals surface area contributed by atoms with Crippen molar-refractivity contribution in [2.75, 3.05) is 26.7 Å². The second-order valence-corrected chi connectivity index (χ2v) is 5.46. The van der Waals surface area contributed by atoms with Gasteiger partial charge >= 0.3 is 12.1 Å². The van der Waals surface area contributed by atoms with Crippen molar-refractivity contribution in [1.29, 1.82) is 0 Å². The highest BCUT2D eigenvalue weighted by Gasteiger charge is 2.52. The molecule has 0 aliphatic carbocycles. The van der Waals surface area contributed by atoms with Crippen LogP contribution in [0.3, 0.4) is 0 Å². The van der Waals surface area contributed by atoms with Crippen molar-refractivity contribution in [3.8, 4) is 5.75 Å². The Bertz CT molecular complexity index is 586. The predicted octanol–water partition coefficient (Wildman–Crippen LogP) is 2.90. The van der Waals surface area contributed by atoms with E-state index in [4.69, 9.17) is 9.84 Å². The average Bonchev–Trinajstić information content (AvgIpc) is 2.92. The summed E-state index contributed by atoms with van der Waals surface area (Å²) in [6.45, 7) is -0.138. The molecule has 7 heteroatoms. The van der Waals surface area contributed by atoms with Crippen molar-refractivity contribution in [1.82, 2.24) is 4.90 Å². The van der Waals surface area contributed by atoms with Crippen LogP contribution in [0.5, 0.6) is 5.75 Å². The summed E-state index contributed by atoms with van der Waals surface area (Å²) in [6.07, 6.45) is -1.02. The molecule has 1 fully saturated rings. The molecule has 2 rings (SSSR count). The first-order valence-electron chi connectivity index (χ1n) is 7.14. The second-order valence-electron chi connectivity index (χ2n) is 5.46. The molecule has 23 heavy (non-hydrogen) atoms. The van der Waals surface area contributed by atoms with Gasteiger partial charge in [-0.1, -0.05) is 30.4 Å². The molecule has 1 saturated heterocycles. The Morgan fingerprint density at radius 1 is 1.39 bits per heavy atom. The fraction of sp³-hybridized carbons (Fsp3) is 0.438. The minimum absolute atomic E-state index is 0.101. The summed E-state index contributed by atoms with van der Waals surface area (Å²) in [5.74, 6) is -3.96. The summed E-state index contributed by atoms with van der Waals surface area (Å²) in [7, 11) is 1.54. The first-order chi connectivity index (χ1) is 10.8. The number of carboxylic acid groups (broad SMARTS) is 1. The molecule has 4 nitrogen and oxygen atoms in total. The van der Waals surface area contributed by atoms with E-state index in [1.54, 1.807) is 25.3 Å². The Kier molecular flexibility index (Phi) is 5.30. The fourth-order valence-corrected chi connectivity index (χ4v) is 2.75. The van der Waals surface area contributed by atoms with E-state index in [1.165, 1.54) is 4.90 Å². The molecule has 0 radical (unpaired) electrons. The summed E-state index contributed by atoms with van der Waals surface area (Å²) < 4.78 is 43.9. The molecule has 2 atom stereocenters. The number of aliphatic carboxylic acids is 1. The maximum Gasteiger partial charge on any atom is 0.393 e. The molecule has 1 heterocycles. The van der Waals surface area contributed by atoms with Crippen molar-refractivity contribution in [3.05, 3.63) is 35.9 Å². The molecule has 1 N–H and O–H groups in total. The van der Waals surface area contributed by atoms with Crippen LogP contribution in [0.25, 0.3) is 6.08 Å². The molecule has 1 aromatic carbocycles. The van der Waals surface area contributed by atoms with Gasteiger partial charge in [0.15, 0.2) is 0 Å². The molecule has 1 aromatic rings. The summed E-state index contributed by atoms with van der Waals surface area (Å²) >= 11 is 0. The smallest absolute Gasteiger partial charge is 0.393 e. The van der Waals surface area contributed by atoms with Gasteiger partial charge in [-0.05, 0) is 6.07 Å². The van der Waals surface area contributed by atoms with Crippen molar-refractivity contribution >= 4 is 12.0 Å². The standard InChI is InChI=1S/C16H18F3NO3/c1-23-14-7-3-2-5-11(14)6-4-8-20-9-12(15(21)22)13(10-20)16(17,18)19/h2-7,12-13H,8-10H2,1H3,(H,21,22)/b6-4+/t12-,13-/m1/s1. The molecule has 0 spiro atoms. The lowest BCUT2D eigenvalue weighted by atomic mass is 9.96. The molecule has 1 aliphatic heterocycles. The Morgan fingerprint density at radius 3 is 2.65 bits per heavy atom. The Labute approximate surface area is 132 Å². The molecule has 126 valence electrons. The van der Waals surface area contributed by atoms with Gasteiger partial charge in [-0.3, -0.25) is 9.69 Å². The van der Waals surface area contributed by atoms with Gasteiger partial charge in [0.1, 0.15) is 5.75 Å². The van der Waals surface area contributed by atoms with Gasteiger partial charge in [0, 0.05) is 25.2 Å². The third-order valence-corrected chi connectivity index (χ3v) is 3.93. The van der Waals surface area contributed by atoms with Crippen LogP contribution in [0.15, 0.2) is 30.3 Å². The quantitative estimate of drug-likeness (QED) is 0.902. The first-order valence-corrected chi connectivity index (χ1v) is 7.14. The van der Waals surface area contributed by atoms with E-state index < -0.39 is 24.0 Å². The van der Waals surface area contributed by atoms with E-state index in [9.17, 15) is 18.0 Å². The molecule has 0 amide bonds. The Morgan fingerprint density at radius 2 is 2.09 bits per heavy atom. The summed E-state index contributed by atoms with van der Waals surface area (Å²) in [6, 6.07) is 7.27. The molecule has 0 aromatic heterocycles. The monoisotopic (exact) mass is 329 g/mol. The van der Waals surface area contributed by atoms with E-state index in [0.717, 1.165) is 5.56 Å². The van der Waals surface area contributed by atoms with Crippen LogP contribution in [0, 0.1) is 11.8 Å². The minimum Gasteiger partial charge on any atom is -0.496 e. The van der Waals surface area contributed by atoms with E-state index in [0.29, 0.717) is 5.75 Å². The average molecular weight is 329 g/mol.